The number of sulfonamides is 1. The minimum atomic E-state index is -3.83. The van der Waals surface area contributed by atoms with Gasteiger partial charge in [-0.1, -0.05) is 115 Å². The Morgan fingerprint density at radius 1 is 0.658 bits per heavy atom. The summed E-state index contributed by atoms with van der Waals surface area (Å²) in [6.45, 7) is 11.7. The molecule has 14 rings (SSSR count). The van der Waals surface area contributed by atoms with Gasteiger partial charge in [-0.25, -0.2) is 26.6 Å². The van der Waals surface area contributed by atoms with Gasteiger partial charge < -0.3 is 38.2 Å². The summed E-state index contributed by atoms with van der Waals surface area (Å²) < 4.78 is 90.3. The van der Waals surface area contributed by atoms with E-state index >= 15 is 0 Å². The highest BCUT2D eigenvalue weighted by atomic mass is 32.2. The summed E-state index contributed by atoms with van der Waals surface area (Å²) in [5.74, 6) is -4.14. The van der Waals surface area contributed by atoms with Crippen LogP contribution < -0.4 is 18.9 Å². The monoisotopic (exact) mass is 1570 g/mol. The number of cyclic esters (lactones) is 2. The average Bonchev–Trinajstić information content (AvgIpc) is 1.57. The number of pyridine rings is 1. The molecule has 3 aromatic rings. The van der Waals surface area contributed by atoms with E-state index in [1.165, 1.54) is 4.90 Å². The lowest BCUT2D eigenvalue weighted by molar-refractivity contribution is -0.152. The zero-order valence-corrected chi connectivity index (χ0v) is 67.2. The third-order valence-corrected chi connectivity index (χ3v) is 29.3. The Bertz CT molecular complexity index is 4370. The Kier molecular flexibility index (Phi) is 24.7. The first kappa shape index (κ1) is 81.3. The molecule has 26 heteroatoms. The lowest BCUT2D eigenvalue weighted by Crippen LogP contribution is -2.46. The molecule has 604 valence electrons. The second-order valence-electron chi connectivity index (χ2n) is 35.2. The smallest absolute Gasteiger partial charge is 0.410 e. The molecule has 4 amide bonds. The number of allylic oxidation sites excluding steroid dienone is 3. The maximum absolute atomic E-state index is 14.8. The number of rotatable bonds is 10. The van der Waals surface area contributed by atoms with E-state index in [9.17, 15) is 60.0 Å². The van der Waals surface area contributed by atoms with Crippen LogP contribution in [0.5, 0.6) is 17.4 Å². The van der Waals surface area contributed by atoms with Crippen molar-refractivity contribution in [3.63, 3.8) is 0 Å². The molecule has 2 aromatic carbocycles. The molecule has 0 spiro atoms. The molecule has 0 unspecified atom stereocenters. The van der Waals surface area contributed by atoms with E-state index in [0.29, 0.717) is 107 Å². The van der Waals surface area contributed by atoms with Gasteiger partial charge in [0.25, 0.3) is 0 Å². The maximum atomic E-state index is 14.8. The number of hydrogen-bond donors (Lipinski definition) is 1. The number of nitrogens with one attached hydrogen (secondary N) is 1. The van der Waals surface area contributed by atoms with Gasteiger partial charge in [0.05, 0.1) is 92.9 Å². The molecule has 3 saturated heterocycles. The lowest BCUT2D eigenvalue weighted by Gasteiger charge is -2.29. The average molecular weight is 1570 g/mol. The van der Waals surface area contributed by atoms with Gasteiger partial charge in [-0.2, -0.15) is 0 Å². The molecule has 11 aliphatic rings. The SMILES string of the molecule is CC1(C)CC/C=C/c2cccc3c2CN(C3)C(=O)O[C@@H]2C[C@H]3C(=O)C[C@]4(C(=O)CS(=O)(=O)C5CC5)C[C@H]4/C=C\CCCCC[C@H](CC(=O)OC1)C(=O)N3C2.CCOc1cc2c3cc(c(OC)cc3n1)CCCC(C)(C)COC(=O)C[C@H]1CCCCCCC[C@@H]3C[C@@]3(C(=O)NS(=O)(=O)C3CC3)CC(=O)[C@@H]3C[C@H](CN3C1=O)O2. The van der Waals surface area contributed by atoms with Crippen LogP contribution in [0.2, 0.25) is 0 Å². The van der Waals surface area contributed by atoms with Gasteiger partial charge in [0, 0.05) is 67.0 Å². The third-order valence-electron chi connectivity index (χ3n) is 25.3. The number of esters is 2. The Labute approximate surface area is 653 Å². The maximum Gasteiger partial charge on any atom is 0.410 e. The summed E-state index contributed by atoms with van der Waals surface area (Å²) in [7, 11) is -5.80. The van der Waals surface area contributed by atoms with Crippen LogP contribution in [0, 0.1) is 45.3 Å². The van der Waals surface area contributed by atoms with Crippen molar-refractivity contribution in [2.45, 2.75) is 269 Å². The van der Waals surface area contributed by atoms with Gasteiger partial charge in [-0.05, 0) is 161 Å². The second-order valence-corrected chi connectivity index (χ2v) is 39.5. The Morgan fingerprint density at radius 3 is 1.93 bits per heavy atom. The third kappa shape index (κ3) is 19.4. The summed E-state index contributed by atoms with van der Waals surface area (Å²) in [6, 6.07) is 9.72. The van der Waals surface area contributed by atoms with Crippen LogP contribution in [-0.4, -0.2) is 170 Å². The van der Waals surface area contributed by atoms with Crippen molar-refractivity contribution in [3.05, 3.63) is 76.9 Å². The summed E-state index contributed by atoms with van der Waals surface area (Å²) in [5, 5.41) is -0.321. The van der Waals surface area contributed by atoms with Crippen molar-refractivity contribution in [1.82, 2.24) is 24.4 Å². The van der Waals surface area contributed by atoms with Crippen LogP contribution in [0.25, 0.3) is 17.0 Å². The number of ether oxygens (including phenoxy) is 6. The molecular weight excluding hydrogens is 1460 g/mol. The largest absolute Gasteiger partial charge is 0.496 e. The molecule has 111 heavy (non-hydrogen) atoms. The van der Waals surface area contributed by atoms with Crippen LogP contribution >= 0.6 is 0 Å². The van der Waals surface area contributed by atoms with Gasteiger partial charge >= 0.3 is 18.0 Å². The predicted octanol–water partition coefficient (Wildman–Crippen LogP) is 12.3. The van der Waals surface area contributed by atoms with Crippen molar-refractivity contribution >= 4 is 89.9 Å². The fraction of sp³-hybridized carbons (Fsp3) is 0.671. The van der Waals surface area contributed by atoms with Gasteiger partial charge in [0.15, 0.2) is 27.2 Å². The molecule has 10 atom stereocenters. The number of hydrogen-bond acceptors (Lipinski definition) is 20. The summed E-state index contributed by atoms with van der Waals surface area (Å²) in [6.07, 6.45) is 21.7. The number of aromatic nitrogens is 1. The number of ketones is 3. The fourth-order valence-corrected chi connectivity index (χ4v) is 21.2. The molecule has 7 aliphatic heterocycles. The van der Waals surface area contributed by atoms with Crippen LogP contribution in [0.1, 0.15) is 237 Å². The number of aryl methyl sites for hydroxylation is 1. The minimum Gasteiger partial charge on any atom is -0.496 e. The quantitative estimate of drug-likeness (QED) is 0.112. The number of fused-ring (bicyclic) bond motifs is 8. The van der Waals surface area contributed by atoms with Crippen molar-refractivity contribution in [2.75, 3.05) is 45.8 Å². The molecular formula is C85H113N5O19S2. The van der Waals surface area contributed by atoms with Crippen LogP contribution in [0.4, 0.5) is 4.79 Å². The molecule has 4 saturated carbocycles. The first-order chi connectivity index (χ1) is 53.0. The molecule has 0 radical (unpaired) electrons. The predicted molar refractivity (Wildman–Crippen MR) is 414 cm³/mol. The van der Waals surface area contributed by atoms with Crippen molar-refractivity contribution in [1.29, 1.82) is 0 Å². The lowest BCUT2D eigenvalue weighted by atomic mass is 9.87. The number of carbonyl (C=O) groups is 9. The number of nitrogens with zero attached hydrogens (tertiary/aromatic N) is 4. The van der Waals surface area contributed by atoms with E-state index in [2.05, 4.69) is 44.6 Å². The van der Waals surface area contributed by atoms with E-state index in [4.69, 9.17) is 33.4 Å². The number of carbonyl (C=O) groups excluding carboxylic acids is 9. The van der Waals surface area contributed by atoms with Crippen molar-refractivity contribution in [3.8, 4) is 17.4 Å². The standard InChI is InChI=1S/C43H59N3O10S.C42H54N2O9S/c1-5-54-38-22-37-32-18-27(36(53-4)21-33(32)44-38)13-11-17-42(2,3)26-55-39(48)19-28-12-9-7-6-8-10-14-29-23-43(29,41(50)45-57(51,52)31-15-16-31)24-35(47)34-20-30(56-37)25-46(34)40(28)49;1-41(2)18-9-8-11-28-13-10-14-30-23-43(25-34(28)30)40(49)53-32-20-35-36(45)22-42(37(46)26-54(50,51)33-16-17-33)21-31(42)15-7-5-3-4-6-12-29(19-38(47)52-27-41)39(48)44(35)24-32/h18,21-22,28-31,34H,5-17,19-20,23-26H2,1-4H3,(H,45,50);7-8,10-11,13-15,29,31-33,35H,3-6,9,12,16-27H2,1-2H3/b;11-8+,15-7-/t28-,29-,30-,34+,43-;29-,31-,32-,35+,42-/m11/s1. The number of amides is 4. The molecule has 4 aliphatic carbocycles. The highest BCUT2D eigenvalue weighted by Gasteiger charge is 2.63. The van der Waals surface area contributed by atoms with Crippen LogP contribution in [0.3, 0.4) is 0 Å². The Balaban J connectivity index is 0.000000195. The fourth-order valence-electron chi connectivity index (χ4n) is 18.1. The zero-order chi connectivity index (χ0) is 78.8. The first-order valence-electron chi connectivity index (χ1n) is 41.0. The van der Waals surface area contributed by atoms with Gasteiger partial charge in [0.1, 0.15) is 29.5 Å². The van der Waals surface area contributed by atoms with E-state index < -0.39 is 113 Å². The Hall–Kier alpha value is -7.74. The Morgan fingerprint density at radius 2 is 1.28 bits per heavy atom. The van der Waals surface area contributed by atoms with E-state index in [1.54, 1.807) is 23.0 Å². The number of benzene rings is 2. The van der Waals surface area contributed by atoms with Crippen LogP contribution in [0.15, 0.2) is 54.6 Å². The zero-order valence-electron chi connectivity index (χ0n) is 65.6. The van der Waals surface area contributed by atoms with E-state index in [-0.39, 0.29) is 111 Å². The number of methoxy groups -OCH3 is 1. The minimum absolute atomic E-state index is 0.0192. The van der Waals surface area contributed by atoms with Crippen molar-refractivity contribution in [2.24, 2.45) is 45.3 Å². The second kappa shape index (κ2) is 33.8. The summed E-state index contributed by atoms with van der Waals surface area (Å²) in [5.41, 5.74) is 1.77. The summed E-state index contributed by atoms with van der Waals surface area (Å²) >= 11 is 0. The van der Waals surface area contributed by atoms with E-state index in [0.717, 1.165) is 111 Å². The van der Waals surface area contributed by atoms with Crippen molar-refractivity contribution < 1.29 is 88.4 Å². The molecule has 1 aromatic heterocycles. The highest BCUT2D eigenvalue weighted by Crippen LogP contribution is 2.60. The molecule has 7 fully saturated rings. The summed E-state index contributed by atoms with van der Waals surface area (Å²) in [4.78, 5) is 136. The number of Topliss-reactive ketones (excluding diaryl/α,β-unsaturated/α-hetero) is 3. The topological polar surface area (TPSA) is 312 Å². The number of sulfone groups is 1. The normalized spacial score (nSPS) is 30.5. The molecule has 8 heterocycles. The molecule has 1 N–H and O–H groups in total. The van der Waals surface area contributed by atoms with Gasteiger partial charge in [-0.3, -0.25) is 48.0 Å². The van der Waals surface area contributed by atoms with Gasteiger partial charge in [-0.15, -0.1) is 0 Å². The molecule has 24 nitrogen and oxygen atoms in total. The van der Waals surface area contributed by atoms with Gasteiger partial charge in [0.2, 0.25) is 33.6 Å². The highest BCUT2D eigenvalue weighted by molar-refractivity contribution is 7.93. The molecule has 10 bridgehead atoms. The van der Waals surface area contributed by atoms with E-state index in [1.807, 2.05) is 49.4 Å². The van der Waals surface area contributed by atoms with Crippen LogP contribution in [-0.2, 0) is 91.9 Å². The first-order valence-corrected chi connectivity index (χ1v) is 44.2.